The topological polar surface area (TPSA) is 233 Å². The molecule has 0 aliphatic carbocycles. The highest BCUT2D eigenvalue weighted by atomic mass is 32.2. The molecule has 0 saturated carbocycles. The lowest BCUT2D eigenvalue weighted by molar-refractivity contribution is -0.195. The zero-order valence-corrected chi connectivity index (χ0v) is 23.5. The van der Waals surface area contributed by atoms with Crippen LogP contribution in [0.2, 0.25) is 0 Å². The second kappa shape index (κ2) is 13.1. The molecule has 6 amide bonds. The van der Waals surface area contributed by atoms with Crippen molar-refractivity contribution >= 4 is 67.1 Å². The number of rotatable bonds is 15. The first-order valence-electron chi connectivity index (χ1n) is 12.3. The minimum Gasteiger partial charge on any atom is -0.460 e. The summed E-state index contributed by atoms with van der Waals surface area (Å²) < 4.78 is 53.5. The number of nitrogens with zero attached hydrogens (tertiary/aromatic N) is 3. The van der Waals surface area contributed by atoms with E-state index in [0.29, 0.717) is 4.90 Å². The van der Waals surface area contributed by atoms with Gasteiger partial charge in [0.15, 0.2) is 25.4 Å². The SMILES string of the molecule is O=C(CS(=O)(=O)CCCN1C(=O)C=CC1=O)OCC1=CC(=O)N(CCCS(=O)(=O)CC(=O)ON2C(=O)CCC2=O)C1=O. The molecule has 0 aromatic heterocycles. The van der Waals surface area contributed by atoms with Crippen molar-refractivity contribution in [2.24, 2.45) is 0 Å². The molecule has 3 rings (SSSR count). The molecule has 19 heteroatoms. The Labute approximate surface area is 238 Å². The van der Waals surface area contributed by atoms with Crippen LogP contribution in [0.15, 0.2) is 23.8 Å². The van der Waals surface area contributed by atoms with Gasteiger partial charge in [-0.25, -0.2) is 21.6 Å². The first kappa shape index (κ1) is 32.3. The van der Waals surface area contributed by atoms with Gasteiger partial charge in [-0.3, -0.25) is 43.4 Å². The van der Waals surface area contributed by atoms with E-state index >= 15 is 0 Å². The van der Waals surface area contributed by atoms with Gasteiger partial charge < -0.3 is 9.57 Å². The van der Waals surface area contributed by atoms with Crippen LogP contribution in [0.1, 0.15) is 25.7 Å². The molecule has 17 nitrogen and oxygen atoms in total. The number of sulfone groups is 2. The van der Waals surface area contributed by atoms with Crippen molar-refractivity contribution in [3.63, 3.8) is 0 Å². The molecule has 0 radical (unpaired) electrons. The van der Waals surface area contributed by atoms with Crippen molar-refractivity contribution in [1.29, 1.82) is 0 Å². The molecule has 42 heavy (non-hydrogen) atoms. The normalized spacial score (nSPS) is 17.5. The van der Waals surface area contributed by atoms with Crippen LogP contribution in [0.4, 0.5) is 0 Å². The van der Waals surface area contributed by atoms with Crippen molar-refractivity contribution in [1.82, 2.24) is 14.9 Å². The summed E-state index contributed by atoms with van der Waals surface area (Å²) in [5.74, 6) is -10.4. The highest BCUT2D eigenvalue weighted by molar-refractivity contribution is 7.92. The Hall–Kier alpha value is -4.26. The third kappa shape index (κ3) is 8.62. The Balaban J connectivity index is 1.38. The number of amides is 6. The van der Waals surface area contributed by atoms with Crippen LogP contribution in [0.3, 0.4) is 0 Å². The van der Waals surface area contributed by atoms with Gasteiger partial charge in [-0.15, -0.1) is 5.06 Å². The Bertz CT molecular complexity index is 1480. The second-order valence-electron chi connectivity index (χ2n) is 9.22. The van der Waals surface area contributed by atoms with Crippen LogP contribution in [-0.2, 0) is 67.6 Å². The van der Waals surface area contributed by atoms with E-state index < -0.39 is 96.7 Å². The van der Waals surface area contributed by atoms with E-state index in [2.05, 4.69) is 4.84 Å². The third-order valence-corrected chi connectivity index (χ3v) is 9.09. The quantitative estimate of drug-likeness (QED) is 0.129. The van der Waals surface area contributed by atoms with Crippen LogP contribution in [0.25, 0.3) is 0 Å². The molecule has 3 aliphatic rings. The van der Waals surface area contributed by atoms with Gasteiger partial charge >= 0.3 is 11.9 Å². The fourth-order valence-electron chi connectivity index (χ4n) is 3.90. The molecule has 3 aliphatic heterocycles. The molecule has 0 aromatic carbocycles. The number of carbonyl (C=O) groups excluding carboxylic acids is 8. The summed E-state index contributed by atoms with van der Waals surface area (Å²) in [6.07, 6.45) is 2.21. The van der Waals surface area contributed by atoms with Crippen molar-refractivity contribution in [2.75, 3.05) is 42.7 Å². The molecule has 3 heterocycles. The number of hydrogen-bond donors (Lipinski definition) is 0. The lowest BCUT2D eigenvalue weighted by Gasteiger charge is -2.15. The predicted octanol–water partition coefficient (Wildman–Crippen LogP) is -3.03. The van der Waals surface area contributed by atoms with Gasteiger partial charge in [-0.05, 0) is 12.8 Å². The Kier molecular flexibility index (Phi) is 10.1. The number of ether oxygens (including phenoxy) is 1. The summed E-state index contributed by atoms with van der Waals surface area (Å²) in [7, 11) is -8.10. The predicted molar refractivity (Wildman–Crippen MR) is 135 cm³/mol. The largest absolute Gasteiger partial charge is 0.460 e. The third-order valence-electron chi connectivity index (χ3n) is 5.92. The molecule has 0 unspecified atom stereocenters. The lowest BCUT2D eigenvalue weighted by atomic mass is 10.3. The summed E-state index contributed by atoms with van der Waals surface area (Å²) >= 11 is 0. The smallest absolute Gasteiger partial charge is 0.348 e. The van der Waals surface area contributed by atoms with Crippen LogP contribution in [0.5, 0.6) is 0 Å². The maximum absolute atomic E-state index is 12.5. The van der Waals surface area contributed by atoms with Crippen molar-refractivity contribution < 1.29 is 64.8 Å². The van der Waals surface area contributed by atoms with E-state index in [1.165, 1.54) is 0 Å². The lowest BCUT2D eigenvalue weighted by Crippen LogP contribution is -2.36. The minimum absolute atomic E-state index is 0.115. The first-order valence-corrected chi connectivity index (χ1v) is 16.0. The molecular formula is C23H25N3O14S2. The van der Waals surface area contributed by atoms with Crippen LogP contribution in [-0.4, -0.2) is 122 Å². The second-order valence-corrected chi connectivity index (χ2v) is 13.6. The van der Waals surface area contributed by atoms with E-state index in [1.54, 1.807) is 0 Å². The number of carbonyl (C=O) groups is 8. The molecule has 0 aromatic rings. The Morgan fingerprint density at radius 3 is 1.76 bits per heavy atom. The highest BCUT2D eigenvalue weighted by Crippen LogP contribution is 2.15. The zero-order valence-electron chi connectivity index (χ0n) is 21.9. The zero-order chi connectivity index (χ0) is 31.2. The molecule has 0 N–H and O–H groups in total. The fraction of sp³-hybridized carbons (Fsp3) is 0.478. The number of imide groups is 3. The monoisotopic (exact) mass is 631 g/mol. The summed E-state index contributed by atoms with van der Waals surface area (Å²) in [5.41, 5.74) is -0.282. The Morgan fingerprint density at radius 2 is 1.21 bits per heavy atom. The summed E-state index contributed by atoms with van der Waals surface area (Å²) in [6.45, 7) is -1.27. The molecular weight excluding hydrogens is 606 g/mol. The first-order chi connectivity index (χ1) is 19.6. The van der Waals surface area contributed by atoms with Gasteiger partial charge in [0.25, 0.3) is 35.4 Å². The fourth-order valence-corrected chi connectivity index (χ4v) is 6.18. The van der Waals surface area contributed by atoms with E-state index in [4.69, 9.17) is 4.74 Å². The van der Waals surface area contributed by atoms with Crippen LogP contribution >= 0.6 is 0 Å². The highest BCUT2D eigenvalue weighted by Gasteiger charge is 2.35. The van der Waals surface area contributed by atoms with Crippen molar-refractivity contribution in [3.8, 4) is 0 Å². The number of esters is 1. The molecule has 0 spiro atoms. The molecule has 1 fully saturated rings. The summed E-state index contributed by atoms with van der Waals surface area (Å²) in [5, 5.41) is 0.203. The maximum Gasteiger partial charge on any atom is 0.348 e. The van der Waals surface area contributed by atoms with E-state index in [9.17, 15) is 55.2 Å². The van der Waals surface area contributed by atoms with Gasteiger partial charge in [-0.2, -0.15) is 0 Å². The standard InChI is InChI=1S/C23H25N3O14S2/c27-16-3-4-17(28)24(16)7-1-9-41(35,36)13-21(32)39-12-15-11-20(31)25(23(15)34)8-2-10-42(37,38)14-22(33)40-26-18(29)5-6-19(26)30/h3-4,11H,1-2,5-10,12-14H2. The molecule has 228 valence electrons. The van der Waals surface area contributed by atoms with E-state index in [-0.39, 0.29) is 49.4 Å². The van der Waals surface area contributed by atoms with Gasteiger partial charge in [-0.1, -0.05) is 0 Å². The average molecular weight is 632 g/mol. The minimum atomic E-state index is -4.11. The van der Waals surface area contributed by atoms with Crippen LogP contribution in [0, 0.1) is 0 Å². The van der Waals surface area contributed by atoms with E-state index in [1.807, 2.05) is 0 Å². The van der Waals surface area contributed by atoms with Gasteiger partial charge in [0.05, 0.1) is 17.1 Å². The number of hydroxylamine groups is 2. The maximum atomic E-state index is 12.5. The van der Waals surface area contributed by atoms with Gasteiger partial charge in [0, 0.05) is 44.2 Å². The average Bonchev–Trinajstić information content (AvgIpc) is 3.47. The van der Waals surface area contributed by atoms with Crippen molar-refractivity contribution in [2.45, 2.75) is 25.7 Å². The van der Waals surface area contributed by atoms with E-state index in [0.717, 1.165) is 23.1 Å². The Morgan fingerprint density at radius 1 is 0.714 bits per heavy atom. The van der Waals surface area contributed by atoms with Crippen molar-refractivity contribution in [3.05, 3.63) is 23.8 Å². The summed E-state index contributed by atoms with van der Waals surface area (Å²) in [4.78, 5) is 100. The molecule has 0 bridgehead atoms. The molecule has 1 saturated heterocycles. The summed E-state index contributed by atoms with van der Waals surface area (Å²) in [6, 6.07) is 0. The van der Waals surface area contributed by atoms with Crippen LogP contribution < -0.4 is 0 Å². The molecule has 0 atom stereocenters. The number of hydrogen-bond acceptors (Lipinski definition) is 14. The van der Waals surface area contributed by atoms with Gasteiger partial charge in [0.1, 0.15) is 12.4 Å². The van der Waals surface area contributed by atoms with Gasteiger partial charge in [0.2, 0.25) is 0 Å².